The zero-order chi connectivity index (χ0) is 44.7. The van der Waals surface area contributed by atoms with Gasteiger partial charge in [-0.25, -0.2) is 0 Å². The average Bonchev–Trinajstić information content (AvgIpc) is 3.92. The van der Waals surface area contributed by atoms with Gasteiger partial charge in [-0.3, -0.25) is 0 Å². The molecule has 0 N–H and O–H groups in total. The Hall–Kier alpha value is -8.98. The van der Waals surface area contributed by atoms with Crippen LogP contribution in [0, 0.1) is 0 Å². The molecule has 0 radical (unpaired) electrons. The summed E-state index contributed by atoms with van der Waals surface area (Å²) < 4.78 is 4.84. The minimum absolute atomic E-state index is 1.15. The standard InChI is InChI=1S/C66H42N2/c1-4-17-43(18-5-1)44-33-36-52-45(39-44)19-14-28-57(52)66-58-29-15-26-50(46-34-37-55-53-24-10-12-31-62(53)67(64(55)40-46)48-20-6-2-7-21-48)60(58)42-61-51(27-16-30-59(61)66)47-35-38-56-54-25-11-13-32-63(54)68(65(56)41-47)49-22-8-3-9-23-49/h1-42H. The van der Waals surface area contributed by atoms with Gasteiger partial charge in [0, 0.05) is 32.9 Å². The van der Waals surface area contributed by atoms with E-state index in [0.717, 1.165) is 11.4 Å². The van der Waals surface area contributed by atoms with E-state index in [4.69, 9.17) is 0 Å². The third kappa shape index (κ3) is 5.91. The zero-order valence-corrected chi connectivity index (χ0v) is 37.1. The Bertz CT molecular complexity index is 4080. The van der Waals surface area contributed by atoms with Crippen molar-refractivity contribution in [1.82, 2.24) is 9.13 Å². The molecule has 14 aromatic rings. The number of rotatable bonds is 6. The molecule has 12 aromatic carbocycles. The Morgan fingerprint density at radius 3 is 1.19 bits per heavy atom. The van der Waals surface area contributed by atoms with Gasteiger partial charge in [-0.05, 0) is 137 Å². The first-order valence-electron chi connectivity index (χ1n) is 23.5. The van der Waals surface area contributed by atoms with E-state index in [1.165, 1.54) is 120 Å². The Morgan fingerprint density at radius 1 is 0.206 bits per heavy atom. The predicted molar refractivity (Wildman–Crippen MR) is 289 cm³/mol. The summed E-state index contributed by atoms with van der Waals surface area (Å²) in [5, 5.41) is 12.4. The summed E-state index contributed by atoms with van der Waals surface area (Å²) in [5.41, 5.74) is 16.8. The van der Waals surface area contributed by atoms with E-state index >= 15 is 0 Å². The van der Waals surface area contributed by atoms with Crippen LogP contribution < -0.4 is 0 Å². The van der Waals surface area contributed by atoms with E-state index in [2.05, 4.69) is 264 Å². The number of hydrogen-bond donors (Lipinski definition) is 0. The molecule has 68 heavy (non-hydrogen) atoms. The van der Waals surface area contributed by atoms with Crippen LogP contribution in [-0.2, 0) is 0 Å². The van der Waals surface area contributed by atoms with Crippen molar-refractivity contribution in [2.45, 2.75) is 0 Å². The number of para-hydroxylation sites is 4. The number of hydrogen-bond acceptors (Lipinski definition) is 0. The number of aromatic nitrogens is 2. The fourth-order valence-corrected chi connectivity index (χ4v) is 11.3. The van der Waals surface area contributed by atoms with Crippen LogP contribution in [0.2, 0.25) is 0 Å². The van der Waals surface area contributed by atoms with Gasteiger partial charge in [0.2, 0.25) is 0 Å². The Kier molecular flexibility index (Phi) is 8.62. The summed E-state index contributed by atoms with van der Waals surface area (Å²) in [6, 6.07) is 94.0. The van der Waals surface area contributed by atoms with Crippen molar-refractivity contribution in [3.63, 3.8) is 0 Å². The quantitative estimate of drug-likeness (QED) is 0.147. The molecule has 2 heterocycles. The summed E-state index contributed by atoms with van der Waals surface area (Å²) in [6.07, 6.45) is 0. The lowest BCUT2D eigenvalue weighted by Crippen LogP contribution is -1.94. The molecule has 0 saturated heterocycles. The fraction of sp³-hybridized carbons (Fsp3) is 0. The van der Waals surface area contributed by atoms with E-state index in [-0.39, 0.29) is 0 Å². The van der Waals surface area contributed by atoms with E-state index in [9.17, 15) is 0 Å². The maximum atomic E-state index is 2.48. The highest BCUT2D eigenvalue weighted by Crippen LogP contribution is 2.47. The van der Waals surface area contributed by atoms with Crippen molar-refractivity contribution in [2.75, 3.05) is 0 Å². The van der Waals surface area contributed by atoms with E-state index in [0.29, 0.717) is 0 Å². The van der Waals surface area contributed by atoms with Gasteiger partial charge in [-0.2, -0.15) is 0 Å². The Labute approximate surface area is 393 Å². The summed E-state index contributed by atoms with van der Waals surface area (Å²) >= 11 is 0. The van der Waals surface area contributed by atoms with Crippen molar-refractivity contribution in [2.24, 2.45) is 0 Å². The molecule has 2 heteroatoms. The van der Waals surface area contributed by atoms with Crippen molar-refractivity contribution >= 4 is 75.9 Å². The highest BCUT2D eigenvalue weighted by Gasteiger charge is 2.21. The van der Waals surface area contributed by atoms with Crippen molar-refractivity contribution < 1.29 is 0 Å². The molecule has 0 atom stereocenters. The van der Waals surface area contributed by atoms with Gasteiger partial charge in [0.1, 0.15) is 0 Å². The SMILES string of the molecule is c1ccc(-c2ccc3c(-c4c5cccc(-c6ccc7c8ccccc8n(-c8ccccc8)c7c6)c5cc5c(-c6ccc7c8ccccc8n(-c8ccccc8)c7c6)cccc45)cccc3c2)cc1. The van der Waals surface area contributed by atoms with Crippen LogP contribution >= 0.6 is 0 Å². The monoisotopic (exact) mass is 862 g/mol. The molecule has 2 aromatic heterocycles. The summed E-state index contributed by atoms with van der Waals surface area (Å²) in [6.45, 7) is 0. The normalized spacial score (nSPS) is 11.8. The molecule has 0 amide bonds. The van der Waals surface area contributed by atoms with Gasteiger partial charge in [-0.1, -0.05) is 194 Å². The van der Waals surface area contributed by atoms with Crippen LogP contribution in [0.15, 0.2) is 255 Å². The van der Waals surface area contributed by atoms with Gasteiger partial charge in [0.15, 0.2) is 0 Å². The minimum Gasteiger partial charge on any atom is -0.309 e. The summed E-state index contributed by atoms with van der Waals surface area (Å²) in [4.78, 5) is 0. The third-order valence-corrected chi connectivity index (χ3v) is 14.3. The lowest BCUT2D eigenvalue weighted by Gasteiger charge is -2.19. The van der Waals surface area contributed by atoms with Crippen LogP contribution in [0.1, 0.15) is 0 Å². The van der Waals surface area contributed by atoms with E-state index < -0.39 is 0 Å². The van der Waals surface area contributed by atoms with Crippen LogP contribution in [-0.4, -0.2) is 9.13 Å². The third-order valence-electron chi connectivity index (χ3n) is 14.3. The van der Waals surface area contributed by atoms with Crippen molar-refractivity contribution in [1.29, 1.82) is 0 Å². The van der Waals surface area contributed by atoms with Crippen molar-refractivity contribution in [3.05, 3.63) is 255 Å². The molecule has 316 valence electrons. The molecule has 0 bridgehead atoms. The van der Waals surface area contributed by atoms with Gasteiger partial charge in [-0.15, -0.1) is 0 Å². The van der Waals surface area contributed by atoms with Crippen LogP contribution in [0.4, 0.5) is 0 Å². The first-order valence-corrected chi connectivity index (χ1v) is 23.5. The Morgan fingerprint density at radius 2 is 0.632 bits per heavy atom. The fourth-order valence-electron chi connectivity index (χ4n) is 11.3. The van der Waals surface area contributed by atoms with E-state index in [1.807, 2.05) is 0 Å². The minimum atomic E-state index is 1.15. The highest BCUT2D eigenvalue weighted by molar-refractivity contribution is 6.22. The molecule has 14 rings (SSSR count). The maximum Gasteiger partial charge on any atom is 0.0547 e. The number of benzene rings is 12. The van der Waals surface area contributed by atoms with Gasteiger partial charge >= 0.3 is 0 Å². The van der Waals surface area contributed by atoms with Gasteiger partial charge in [0.25, 0.3) is 0 Å². The molecular formula is C66H42N2. The van der Waals surface area contributed by atoms with E-state index in [1.54, 1.807) is 0 Å². The van der Waals surface area contributed by atoms with Crippen LogP contribution in [0.5, 0.6) is 0 Å². The lowest BCUT2D eigenvalue weighted by atomic mass is 9.84. The smallest absolute Gasteiger partial charge is 0.0547 e. The molecule has 0 aliphatic rings. The highest BCUT2D eigenvalue weighted by atomic mass is 15.0. The largest absolute Gasteiger partial charge is 0.309 e. The molecule has 0 spiro atoms. The maximum absolute atomic E-state index is 2.48. The number of nitrogens with zero attached hydrogens (tertiary/aromatic N) is 2. The summed E-state index contributed by atoms with van der Waals surface area (Å²) in [5.74, 6) is 0. The van der Waals surface area contributed by atoms with Crippen LogP contribution in [0.25, 0.3) is 132 Å². The number of fused-ring (bicyclic) bond motifs is 9. The predicted octanol–water partition coefficient (Wildman–Crippen LogP) is 18.0. The topological polar surface area (TPSA) is 9.86 Å². The molecule has 0 aliphatic heterocycles. The molecule has 2 nitrogen and oxygen atoms in total. The van der Waals surface area contributed by atoms with Crippen molar-refractivity contribution in [3.8, 4) is 55.9 Å². The average molecular weight is 863 g/mol. The Balaban J connectivity index is 1.06. The van der Waals surface area contributed by atoms with Gasteiger partial charge in [0.05, 0.1) is 22.1 Å². The second-order valence-corrected chi connectivity index (χ2v) is 18.0. The first-order chi connectivity index (χ1) is 33.7. The second-order valence-electron chi connectivity index (χ2n) is 18.0. The molecule has 0 fully saturated rings. The lowest BCUT2D eigenvalue weighted by molar-refractivity contribution is 1.18. The molecular weight excluding hydrogens is 821 g/mol. The van der Waals surface area contributed by atoms with Crippen LogP contribution in [0.3, 0.4) is 0 Å². The molecule has 0 unspecified atom stereocenters. The van der Waals surface area contributed by atoms with Gasteiger partial charge < -0.3 is 9.13 Å². The summed E-state index contributed by atoms with van der Waals surface area (Å²) in [7, 11) is 0. The molecule has 0 aliphatic carbocycles. The second kappa shape index (κ2) is 15.3. The zero-order valence-electron chi connectivity index (χ0n) is 37.1. The molecule has 0 saturated carbocycles. The first kappa shape index (κ1) is 38.3.